The monoisotopic (exact) mass is 336 g/mol. The molecule has 24 heavy (non-hydrogen) atoms. The summed E-state index contributed by atoms with van der Waals surface area (Å²) in [5, 5.41) is 2.62. The van der Waals surface area contributed by atoms with Gasteiger partial charge in [0.05, 0.1) is 5.56 Å². The molecule has 0 aliphatic heterocycles. The average Bonchev–Trinajstić information content (AvgIpc) is 2.50. The first kappa shape index (κ1) is 20.0. The van der Waals surface area contributed by atoms with Gasteiger partial charge < -0.3 is 14.4 Å². The minimum atomic E-state index is -0.557. The number of carbonyl (C=O) groups excluding carboxylic acids is 2. The number of esters is 1. The van der Waals surface area contributed by atoms with Crippen molar-refractivity contribution in [3.8, 4) is 0 Å². The van der Waals surface area contributed by atoms with E-state index < -0.39 is 11.7 Å². The van der Waals surface area contributed by atoms with Crippen LogP contribution in [0.1, 0.15) is 45.0 Å². The van der Waals surface area contributed by atoms with Crippen molar-refractivity contribution in [1.29, 1.82) is 0 Å². The summed E-state index contributed by atoms with van der Waals surface area (Å²) in [6, 6.07) is 6.52. The van der Waals surface area contributed by atoms with Gasteiger partial charge in [0.25, 0.3) is 0 Å². The summed E-state index contributed by atoms with van der Waals surface area (Å²) in [5.74, 6) is -0.369. The summed E-state index contributed by atoms with van der Waals surface area (Å²) in [5.41, 5.74) is 0.451. The number of likely N-dealkylation sites (N-methyl/N-ethyl adjacent to an activating group) is 1. The largest absolute Gasteiger partial charge is 0.461 e. The Morgan fingerprint density at radius 1 is 1.08 bits per heavy atom. The maximum Gasteiger partial charge on any atom is 0.412 e. The number of anilines is 1. The first-order valence-corrected chi connectivity index (χ1v) is 8.24. The molecule has 0 bridgehead atoms. The van der Waals surface area contributed by atoms with Gasteiger partial charge in [-0.3, -0.25) is 5.32 Å². The topological polar surface area (TPSA) is 67.9 Å². The fraction of sp³-hybridized carbons (Fsp3) is 0.556. The summed E-state index contributed by atoms with van der Waals surface area (Å²) in [4.78, 5) is 25.8. The van der Waals surface area contributed by atoms with E-state index in [0.717, 1.165) is 19.6 Å². The van der Waals surface area contributed by atoms with Crippen LogP contribution in [0.4, 0.5) is 10.5 Å². The number of nitrogens with zero attached hydrogens (tertiary/aromatic N) is 1. The third-order valence-corrected chi connectivity index (χ3v) is 3.30. The molecule has 0 spiro atoms. The van der Waals surface area contributed by atoms with Gasteiger partial charge in [0.2, 0.25) is 0 Å². The summed E-state index contributed by atoms with van der Waals surface area (Å²) >= 11 is 0. The van der Waals surface area contributed by atoms with E-state index in [1.807, 2.05) is 0 Å². The number of ether oxygens (including phenoxy) is 2. The van der Waals surface area contributed by atoms with Gasteiger partial charge in [-0.25, -0.2) is 9.59 Å². The number of hydrogen-bond acceptors (Lipinski definition) is 5. The van der Waals surface area contributed by atoms with Crippen molar-refractivity contribution in [2.45, 2.75) is 40.2 Å². The van der Waals surface area contributed by atoms with Crippen LogP contribution in [0, 0.1) is 0 Å². The summed E-state index contributed by atoms with van der Waals surface area (Å²) in [6.07, 6.45) is -0.531. The average molecular weight is 336 g/mol. The zero-order chi connectivity index (χ0) is 18.2. The fourth-order valence-electron chi connectivity index (χ4n) is 2.00. The molecule has 1 amide bonds. The highest BCUT2D eigenvalue weighted by atomic mass is 16.6. The van der Waals surface area contributed by atoms with Crippen LogP contribution in [0.5, 0.6) is 0 Å². The van der Waals surface area contributed by atoms with Gasteiger partial charge in [-0.2, -0.15) is 0 Å². The minimum Gasteiger partial charge on any atom is -0.461 e. The summed E-state index contributed by atoms with van der Waals surface area (Å²) < 4.78 is 10.4. The predicted molar refractivity (Wildman–Crippen MR) is 94.4 cm³/mol. The zero-order valence-corrected chi connectivity index (χ0v) is 15.2. The van der Waals surface area contributed by atoms with Crippen LogP contribution >= 0.6 is 0 Å². The van der Waals surface area contributed by atoms with E-state index in [0.29, 0.717) is 17.9 Å². The lowest BCUT2D eigenvalue weighted by molar-refractivity contribution is 0.0466. The third-order valence-electron chi connectivity index (χ3n) is 3.30. The Morgan fingerprint density at radius 3 is 2.17 bits per heavy atom. The first-order chi connectivity index (χ1) is 11.2. The van der Waals surface area contributed by atoms with Crippen LogP contribution in [-0.4, -0.2) is 48.8 Å². The number of carbonyl (C=O) groups is 2. The molecule has 1 rings (SSSR count). The normalized spacial score (nSPS) is 11.2. The van der Waals surface area contributed by atoms with Gasteiger partial charge in [-0.15, -0.1) is 0 Å². The molecule has 1 aromatic rings. The second-order valence-electron chi connectivity index (χ2n) is 6.37. The Hall–Kier alpha value is -2.08. The number of amides is 1. The molecule has 1 N–H and O–H groups in total. The lowest BCUT2D eigenvalue weighted by atomic mass is 10.2. The second kappa shape index (κ2) is 9.27. The van der Waals surface area contributed by atoms with Gasteiger partial charge in [0.15, 0.2) is 0 Å². The molecule has 0 atom stereocenters. The van der Waals surface area contributed by atoms with Gasteiger partial charge in [-0.05, 0) is 58.1 Å². The van der Waals surface area contributed by atoms with Crippen LogP contribution in [0.2, 0.25) is 0 Å². The first-order valence-electron chi connectivity index (χ1n) is 8.24. The van der Waals surface area contributed by atoms with E-state index in [9.17, 15) is 9.59 Å². The SMILES string of the molecule is CCN(CC)CCOC(=O)c1ccc(NC(=O)OC(C)(C)C)cc1. The van der Waals surface area contributed by atoms with E-state index in [1.165, 1.54) is 0 Å². The summed E-state index contributed by atoms with van der Waals surface area (Å²) in [6.45, 7) is 12.5. The molecule has 0 saturated heterocycles. The van der Waals surface area contributed by atoms with Crippen molar-refractivity contribution >= 4 is 17.7 Å². The van der Waals surface area contributed by atoms with Crippen molar-refractivity contribution in [2.75, 3.05) is 31.6 Å². The van der Waals surface area contributed by atoms with Crippen molar-refractivity contribution in [3.63, 3.8) is 0 Å². The van der Waals surface area contributed by atoms with Crippen molar-refractivity contribution < 1.29 is 19.1 Å². The molecule has 0 aromatic heterocycles. The number of benzene rings is 1. The Bertz CT molecular complexity index is 531. The van der Waals surface area contributed by atoms with Gasteiger partial charge in [-0.1, -0.05) is 13.8 Å². The fourth-order valence-corrected chi connectivity index (χ4v) is 2.00. The zero-order valence-electron chi connectivity index (χ0n) is 15.2. The Kier molecular flexibility index (Phi) is 7.71. The van der Waals surface area contributed by atoms with Gasteiger partial charge in [0, 0.05) is 12.2 Å². The van der Waals surface area contributed by atoms with Crippen LogP contribution < -0.4 is 5.32 Å². The summed E-state index contributed by atoms with van der Waals surface area (Å²) in [7, 11) is 0. The van der Waals surface area contributed by atoms with Gasteiger partial charge in [0.1, 0.15) is 12.2 Å². The molecule has 0 saturated carbocycles. The Balaban J connectivity index is 2.49. The van der Waals surface area contributed by atoms with Crippen LogP contribution in [0.3, 0.4) is 0 Å². The standard InChI is InChI=1S/C18H28N2O4/c1-6-20(7-2)12-13-23-16(21)14-8-10-15(11-9-14)19-17(22)24-18(3,4)5/h8-11H,6-7,12-13H2,1-5H3,(H,19,22). The molecule has 0 aliphatic rings. The Labute approximate surface area is 144 Å². The van der Waals surface area contributed by atoms with Crippen LogP contribution in [0.15, 0.2) is 24.3 Å². The smallest absolute Gasteiger partial charge is 0.412 e. The highest BCUT2D eigenvalue weighted by Gasteiger charge is 2.16. The lowest BCUT2D eigenvalue weighted by Crippen LogP contribution is -2.28. The lowest BCUT2D eigenvalue weighted by Gasteiger charge is -2.19. The van der Waals surface area contributed by atoms with Crippen molar-refractivity contribution in [3.05, 3.63) is 29.8 Å². The molecule has 0 aliphatic carbocycles. The molecule has 6 heteroatoms. The Morgan fingerprint density at radius 2 is 1.67 bits per heavy atom. The molecular formula is C18H28N2O4. The van der Waals surface area contributed by atoms with E-state index in [1.54, 1.807) is 45.0 Å². The molecule has 0 unspecified atom stereocenters. The third kappa shape index (κ3) is 7.46. The van der Waals surface area contributed by atoms with E-state index in [4.69, 9.17) is 9.47 Å². The number of nitrogens with one attached hydrogen (secondary N) is 1. The van der Waals surface area contributed by atoms with Crippen molar-refractivity contribution in [2.24, 2.45) is 0 Å². The number of hydrogen-bond donors (Lipinski definition) is 1. The van der Waals surface area contributed by atoms with E-state index in [2.05, 4.69) is 24.1 Å². The highest BCUT2D eigenvalue weighted by molar-refractivity contribution is 5.91. The molecule has 0 radical (unpaired) electrons. The van der Waals surface area contributed by atoms with E-state index >= 15 is 0 Å². The highest BCUT2D eigenvalue weighted by Crippen LogP contribution is 2.13. The molecule has 0 heterocycles. The second-order valence-corrected chi connectivity index (χ2v) is 6.37. The number of rotatable bonds is 7. The van der Waals surface area contributed by atoms with Crippen molar-refractivity contribution in [1.82, 2.24) is 4.90 Å². The molecule has 1 aromatic carbocycles. The maximum absolute atomic E-state index is 12.0. The quantitative estimate of drug-likeness (QED) is 0.772. The van der Waals surface area contributed by atoms with Gasteiger partial charge >= 0.3 is 12.1 Å². The molecule has 0 fully saturated rings. The molecule has 6 nitrogen and oxygen atoms in total. The van der Waals surface area contributed by atoms with E-state index in [-0.39, 0.29) is 5.97 Å². The molecule has 134 valence electrons. The predicted octanol–water partition coefficient (Wildman–Crippen LogP) is 3.53. The molecular weight excluding hydrogens is 308 g/mol. The van der Waals surface area contributed by atoms with Crippen LogP contribution in [-0.2, 0) is 9.47 Å². The maximum atomic E-state index is 12.0. The van der Waals surface area contributed by atoms with Crippen LogP contribution in [0.25, 0.3) is 0 Å². The minimum absolute atomic E-state index is 0.360.